The predicted molar refractivity (Wildman–Crippen MR) is 37.9 cm³/mol. The number of quaternary nitrogens is 1. The van der Waals surface area contributed by atoms with E-state index in [2.05, 4.69) is 0 Å². The molecule has 0 spiro atoms. The molecule has 0 saturated carbocycles. The summed E-state index contributed by atoms with van der Waals surface area (Å²) in [6, 6.07) is 0. The van der Waals surface area contributed by atoms with Crippen LogP contribution in [0, 0.1) is 0 Å². The third-order valence-corrected chi connectivity index (χ3v) is 2.05. The summed E-state index contributed by atoms with van der Waals surface area (Å²) in [6.45, 7) is 2.95. The van der Waals surface area contributed by atoms with Gasteiger partial charge in [0.2, 0.25) is 0 Å². The Morgan fingerprint density at radius 3 is 2.40 bits per heavy atom. The fourth-order valence-electron chi connectivity index (χ4n) is 1.48. The Labute approximate surface area is 61.3 Å². The molecule has 1 fully saturated rings. The van der Waals surface area contributed by atoms with E-state index < -0.39 is 6.10 Å². The van der Waals surface area contributed by atoms with Crippen molar-refractivity contribution in [3.8, 4) is 0 Å². The Morgan fingerprint density at radius 1 is 1.30 bits per heavy atom. The molecule has 1 aliphatic heterocycles. The van der Waals surface area contributed by atoms with Crippen LogP contribution in [0.25, 0.3) is 0 Å². The summed E-state index contributed by atoms with van der Waals surface area (Å²) >= 11 is 0. The fraction of sp³-hybridized carbons (Fsp3) is 1.00. The van der Waals surface area contributed by atoms with Gasteiger partial charge in [-0.05, 0) is 0 Å². The van der Waals surface area contributed by atoms with Gasteiger partial charge in [-0.1, -0.05) is 0 Å². The number of likely N-dealkylation sites (tertiary alicyclic amines) is 1. The molecule has 0 radical (unpaired) electrons. The van der Waals surface area contributed by atoms with Crippen molar-refractivity contribution in [2.75, 3.05) is 26.2 Å². The van der Waals surface area contributed by atoms with Gasteiger partial charge in [0.05, 0.1) is 19.7 Å². The van der Waals surface area contributed by atoms with Gasteiger partial charge in [-0.25, -0.2) is 0 Å². The molecule has 0 aromatic rings. The van der Waals surface area contributed by atoms with E-state index in [-0.39, 0.29) is 6.61 Å². The molecular weight excluding hydrogens is 130 g/mol. The van der Waals surface area contributed by atoms with Gasteiger partial charge in [-0.15, -0.1) is 0 Å². The highest BCUT2D eigenvalue weighted by molar-refractivity contribution is 4.51. The van der Waals surface area contributed by atoms with Crippen molar-refractivity contribution in [1.29, 1.82) is 0 Å². The normalized spacial score (nSPS) is 23.4. The second kappa shape index (κ2) is 3.91. The topological polar surface area (TPSA) is 44.9 Å². The van der Waals surface area contributed by atoms with E-state index in [0.717, 1.165) is 19.6 Å². The summed E-state index contributed by atoms with van der Waals surface area (Å²) in [6.07, 6.45) is 2.04. The lowest BCUT2D eigenvalue weighted by atomic mass is 10.3. The van der Waals surface area contributed by atoms with Gasteiger partial charge in [0.15, 0.2) is 0 Å². The summed E-state index contributed by atoms with van der Waals surface area (Å²) in [5, 5.41) is 17.6. The summed E-state index contributed by atoms with van der Waals surface area (Å²) in [5.74, 6) is 0. The molecule has 1 atom stereocenters. The van der Waals surface area contributed by atoms with Crippen LogP contribution in [-0.4, -0.2) is 42.6 Å². The molecule has 0 aromatic heterocycles. The average molecular weight is 146 g/mol. The van der Waals surface area contributed by atoms with Gasteiger partial charge in [0.25, 0.3) is 0 Å². The minimum absolute atomic E-state index is 0.0938. The van der Waals surface area contributed by atoms with Crippen LogP contribution >= 0.6 is 0 Å². The van der Waals surface area contributed by atoms with Gasteiger partial charge in [-0.2, -0.15) is 0 Å². The lowest BCUT2D eigenvalue weighted by Gasteiger charge is -2.14. The van der Waals surface area contributed by atoms with Crippen molar-refractivity contribution in [2.24, 2.45) is 0 Å². The monoisotopic (exact) mass is 146 g/mol. The van der Waals surface area contributed by atoms with Gasteiger partial charge in [-0.3, -0.25) is 0 Å². The maximum absolute atomic E-state index is 9.05. The van der Waals surface area contributed by atoms with Crippen molar-refractivity contribution in [3.05, 3.63) is 0 Å². The van der Waals surface area contributed by atoms with Crippen molar-refractivity contribution < 1.29 is 15.1 Å². The summed E-state index contributed by atoms with van der Waals surface area (Å²) < 4.78 is 0. The summed E-state index contributed by atoms with van der Waals surface area (Å²) in [7, 11) is 0. The second-order valence-corrected chi connectivity index (χ2v) is 3.00. The van der Waals surface area contributed by atoms with E-state index in [1.54, 1.807) is 0 Å². The van der Waals surface area contributed by atoms with Crippen LogP contribution in [0.4, 0.5) is 0 Å². The van der Waals surface area contributed by atoms with E-state index in [0.29, 0.717) is 0 Å². The smallest absolute Gasteiger partial charge is 0.126 e. The Kier molecular flexibility index (Phi) is 3.12. The zero-order chi connectivity index (χ0) is 7.40. The second-order valence-electron chi connectivity index (χ2n) is 3.00. The van der Waals surface area contributed by atoms with Crippen LogP contribution in [0.3, 0.4) is 0 Å². The molecule has 1 heterocycles. The van der Waals surface area contributed by atoms with E-state index in [4.69, 9.17) is 10.2 Å². The highest BCUT2D eigenvalue weighted by atomic mass is 16.3. The molecule has 0 amide bonds. The number of rotatable bonds is 3. The minimum Gasteiger partial charge on any atom is -0.393 e. The molecule has 0 bridgehead atoms. The van der Waals surface area contributed by atoms with Crippen LogP contribution in [0.2, 0.25) is 0 Å². The van der Waals surface area contributed by atoms with Gasteiger partial charge >= 0.3 is 0 Å². The third-order valence-electron chi connectivity index (χ3n) is 2.05. The molecule has 0 unspecified atom stereocenters. The molecule has 1 saturated heterocycles. The van der Waals surface area contributed by atoms with Crippen LogP contribution in [0.5, 0.6) is 0 Å². The first kappa shape index (κ1) is 7.98. The molecular formula is C7H16NO2+. The molecule has 0 aromatic carbocycles. The Morgan fingerprint density at radius 2 is 1.90 bits per heavy atom. The van der Waals surface area contributed by atoms with E-state index >= 15 is 0 Å². The molecule has 0 aliphatic carbocycles. The summed E-state index contributed by atoms with van der Waals surface area (Å²) in [4.78, 5) is 1.43. The Bertz CT molecular complexity index is 91.6. The lowest BCUT2D eigenvalue weighted by Crippen LogP contribution is -3.11. The standard InChI is InChI=1S/C7H15NO2/c9-6-7(10)5-8-3-1-2-4-8/h7,9-10H,1-6H2/p+1/t7-/m0/s1. The average Bonchev–Trinajstić information content (AvgIpc) is 2.40. The Balaban J connectivity index is 2.11. The first-order valence-corrected chi connectivity index (χ1v) is 3.95. The van der Waals surface area contributed by atoms with Crippen LogP contribution < -0.4 is 4.90 Å². The molecule has 3 nitrogen and oxygen atoms in total. The largest absolute Gasteiger partial charge is 0.393 e. The quantitative estimate of drug-likeness (QED) is 0.432. The minimum atomic E-state index is -0.506. The van der Waals surface area contributed by atoms with Crippen molar-refractivity contribution in [3.63, 3.8) is 0 Å². The fourth-order valence-corrected chi connectivity index (χ4v) is 1.48. The van der Waals surface area contributed by atoms with E-state index in [9.17, 15) is 0 Å². The van der Waals surface area contributed by atoms with Crippen molar-refractivity contribution in [2.45, 2.75) is 18.9 Å². The molecule has 60 valence electrons. The SMILES string of the molecule is OC[C@@H](O)C[NH+]1CCCC1. The molecule has 10 heavy (non-hydrogen) atoms. The molecule has 3 N–H and O–H groups in total. The highest BCUT2D eigenvalue weighted by Crippen LogP contribution is 1.87. The number of aliphatic hydroxyl groups excluding tert-OH is 2. The van der Waals surface area contributed by atoms with Crippen molar-refractivity contribution in [1.82, 2.24) is 0 Å². The molecule has 1 rings (SSSR count). The molecule has 3 heteroatoms. The van der Waals surface area contributed by atoms with Gasteiger partial charge in [0, 0.05) is 12.8 Å². The van der Waals surface area contributed by atoms with Crippen LogP contribution in [0.15, 0.2) is 0 Å². The van der Waals surface area contributed by atoms with Gasteiger partial charge in [0.1, 0.15) is 12.6 Å². The number of hydrogen-bond donors (Lipinski definition) is 3. The van der Waals surface area contributed by atoms with Gasteiger partial charge < -0.3 is 15.1 Å². The lowest BCUT2D eigenvalue weighted by molar-refractivity contribution is -0.890. The zero-order valence-electron chi connectivity index (χ0n) is 6.21. The van der Waals surface area contributed by atoms with E-state index in [1.807, 2.05) is 0 Å². The van der Waals surface area contributed by atoms with Crippen molar-refractivity contribution >= 4 is 0 Å². The van der Waals surface area contributed by atoms with E-state index in [1.165, 1.54) is 17.7 Å². The summed E-state index contributed by atoms with van der Waals surface area (Å²) in [5.41, 5.74) is 0. The maximum Gasteiger partial charge on any atom is 0.126 e. The van der Waals surface area contributed by atoms with Crippen LogP contribution in [-0.2, 0) is 0 Å². The number of nitrogens with one attached hydrogen (secondary N) is 1. The third kappa shape index (κ3) is 2.25. The Hall–Kier alpha value is -0.120. The zero-order valence-corrected chi connectivity index (χ0v) is 6.21. The number of aliphatic hydroxyl groups is 2. The molecule has 1 aliphatic rings. The predicted octanol–water partition coefficient (Wildman–Crippen LogP) is -1.98. The maximum atomic E-state index is 9.05. The highest BCUT2D eigenvalue weighted by Gasteiger charge is 2.18. The van der Waals surface area contributed by atoms with Crippen LogP contribution in [0.1, 0.15) is 12.8 Å². The first-order chi connectivity index (χ1) is 4.83. The first-order valence-electron chi connectivity index (χ1n) is 3.95. The number of hydrogen-bond acceptors (Lipinski definition) is 2.